The normalized spacial score (nSPS) is 11.5. The van der Waals surface area contributed by atoms with Crippen LogP contribution in [0.2, 0.25) is 0 Å². The van der Waals surface area contributed by atoms with Crippen molar-refractivity contribution in [2.75, 3.05) is 19.5 Å². The Kier molecular flexibility index (Phi) is 7.86. The maximum absolute atomic E-state index is 13.9. The van der Waals surface area contributed by atoms with E-state index in [4.69, 9.17) is 9.47 Å². The molecule has 0 spiro atoms. The predicted molar refractivity (Wildman–Crippen MR) is 129 cm³/mol. The van der Waals surface area contributed by atoms with Gasteiger partial charge in [0.2, 0.25) is 11.8 Å². The van der Waals surface area contributed by atoms with E-state index in [0.717, 1.165) is 16.3 Å². The van der Waals surface area contributed by atoms with Gasteiger partial charge in [-0.05, 0) is 67.6 Å². The Hall–Kier alpha value is -3.36. The molecular formula is C24H25FN4O2S. The summed E-state index contributed by atoms with van der Waals surface area (Å²) >= 11 is 1.54. The molecule has 1 unspecified atom stereocenters. The van der Waals surface area contributed by atoms with Crippen molar-refractivity contribution >= 4 is 35.7 Å². The minimum Gasteiger partial charge on any atom is -0.497 e. The van der Waals surface area contributed by atoms with E-state index in [9.17, 15) is 4.39 Å². The molecule has 1 heterocycles. The molecule has 3 rings (SSSR count). The molecular weight excluding hydrogens is 427 g/mol. The zero-order valence-corrected chi connectivity index (χ0v) is 19.0. The van der Waals surface area contributed by atoms with Crippen LogP contribution in [0.1, 0.15) is 24.1 Å². The largest absolute Gasteiger partial charge is 0.497 e. The number of hydrogen-bond donors (Lipinski definition) is 2. The Balaban J connectivity index is 1.63. The standard InChI is InChI=1S/C24H25FN4O2S/c1-15(17-6-10-19(30-4)11-7-17)29-32-20-12-8-18(9-13-20)27-16(2)21-14-22(25)28-24(31-5)23(21)26-3/h6-15,27,29H,2-3H2,1,4-5H3. The first-order chi connectivity index (χ1) is 15.4. The van der Waals surface area contributed by atoms with E-state index in [-0.39, 0.29) is 11.9 Å². The summed E-state index contributed by atoms with van der Waals surface area (Å²) in [5, 5.41) is 3.17. The zero-order valence-electron chi connectivity index (χ0n) is 18.2. The van der Waals surface area contributed by atoms with E-state index in [1.165, 1.54) is 18.7 Å². The monoisotopic (exact) mass is 452 g/mol. The lowest BCUT2D eigenvalue weighted by atomic mass is 10.1. The molecule has 1 aromatic heterocycles. The molecule has 0 fully saturated rings. The summed E-state index contributed by atoms with van der Waals surface area (Å²) in [4.78, 5) is 8.64. The zero-order chi connectivity index (χ0) is 23.1. The molecule has 0 aliphatic heterocycles. The van der Waals surface area contributed by atoms with Gasteiger partial charge in [0.25, 0.3) is 0 Å². The van der Waals surface area contributed by atoms with Crippen molar-refractivity contribution in [2.45, 2.75) is 17.9 Å². The van der Waals surface area contributed by atoms with E-state index in [1.807, 2.05) is 48.5 Å². The van der Waals surface area contributed by atoms with E-state index in [0.29, 0.717) is 16.9 Å². The number of nitrogens with one attached hydrogen (secondary N) is 2. The summed E-state index contributed by atoms with van der Waals surface area (Å²) in [6, 6.07) is 17.2. The highest BCUT2D eigenvalue weighted by Crippen LogP contribution is 2.34. The highest BCUT2D eigenvalue weighted by atomic mass is 32.2. The van der Waals surface area contributed by atoms with Crippen LogP contribution in [-0.4, -0.2) is 25.9 Å². The molecule has 0 radical (unpaired) electrons. The van der Waals surface area contributed by atoms with Crippen molar-refractivity contribution in [3.05, 3.63) is 78.3 Å². The van der Waals surface area contributed by atoms with E-state index < -0.39 is 5.95 Å². The van der Waals surface area contributed by atoms with Gasteiger partial charge in [0.1, 0.15) is 11.4 Å². The molecule has 32 heavy (non-hydrogen) atoms. The second-order valence-corrected chi connectivity index (χ2v) is 7.76. The lowest BCUT2D eigenvalue weighted by Crippen LogP contribution is -2.10. The average Bonchev–Trinajstić information content (AvgIpc) is 2.82. The number of aromatic nitrogens is 1. The van der Waals surface area contributed by atoms with Crippen LogP contribution >= 0.6 is 11.9 Å². The van der Waals surface area contributed by atoms with Crippen molar-refractivity contribution in [3.63, 3.8) is 0 Å². The maximum atomic E-state index is 13.9. The van der Waals surface area contributed by atoms with Crippen molar-refractivity contribution in [2.24, 2.45) is 4.99 Å². The fourth-order valence-electron chi connectivity index (χ4n) is 2.97. The van der Waals surface area contributed by atoms with Gasteiger partial charge in [-0.25, -0.2) is 0 Å². The minimum absolute atomic E-state index is 0.0572. The smallest absolute Gasteiger partial charge is 0.243 e. The van der Waals surface area contributed by atoms with Gasteiger partial charge in [-0.15, -0.1) is 0 Å². The third-order valence-corrected chi connectivity index (χ3v) is 5.70. The topological polar surface area (TPSA) is 67.8 Å². The van der Waals surface area contributed by atoms with Gasteiger partial charge >= 0.3 is 0 Å². The third-order valence-electron chi connectivity index (χ3n) is 4.72. The van der Waals surface area contributed by atoms with Crippen molar-refractivity contribution in [3.8, 4) is 11.6 Å². The van der Waals surface area contributed by atoms with Gasteiger partial charge in [0.05, 0.1) is 14.2 Å². The number of anilines is 1. The first-order valence-corrected chi connectivity index (χ1v) is 10.6. The number of ether oxygens (including phenoxy) is 2. The number of rotatable bonds is 10. The number of nitrogens with zero attached hydrogens (tertiary/aromatic N) is 2. The summed E-state index contributed by atoms with van der Waals surface area (Å²) in [7, 11) is 3.05. The molecule has 0 aliphatic rings. The highest BCUT2D eigenvalue weighted by Gasteiger charge is 2.15. The fraction of sp³-hybridized carbons (Fsp3) is 0.167. The van der Waals surface area contributed by atoms with Gasteiger partial charge in [0, 0.05) is 34.0 Å². The Labute approximate surface area is 191 Å². The third kappa shape index (κ3) is 5.66. The Bertz CT molecular complexity index is 1090. The van der Waals surface area contributed by atoms with Crippen LogP contribution in [0.3, 0.4) is 0 Å². The van der Waals surface area contributed by atoms with E-state index in [2.05, 4.69) is 40.2 Å². The Morgan fingerprint density at radius 1 is 1.09 bits per heavy atom. The van der Waals surface area contributed by atoms with Crippen LogP contribution in [-0.2, 0) is 0 Å². The van der Waals surface area contributed by atoms with Crippen LogP contribution < -0.4 is 19.5 Å². The molecule has 166 valence electrons. The van der Waals surface area contributed by atoms with Crippen molar-refractivity contribution in [1.29, 1.82) is 0 Å². The van der Waals surface area contributed by atoms with Crippen molar-refractivity contribution in [1.82, 2.24) is 9.71 Å². The molecule has 1 atom stereocenters. The van der Waals surface area contributed by atoms with Crippen LogP contribution in [0.4, 0.5) is 15.8 Å². The highest BCUT2D eigenvalue weighted by molar-refractivity contribution is 7.97. The summed E-state index contributed by atoms with van der Waals surface area (Å²) < 4.78 is 27.6. The minimum atomic E-state index is -0.684. The van der Waals surface area contributed by atoms with E-state index in [1.54, 1.807) is 19.1 Å². The molecule has 0 saturated carbocycles. The number of halogens is 1. The lowest BCUT2D eigenvalue weighted by Gasteiger charge is -2.15. The van der Waals surface area contributed by atoms with Gasteiger partial charge in [-0.1, -0.05) is 18.7 Å². The average molecular weight is 453 g/mol. The second-order valence-electron chi connectivity index (χ2n) is 6.85. The Morgan fingerprint density at radius 2 is 1.78 bits per heavy atom. The molecule has 0 aliphatic carbocycles. The maximum Gasteiger partial charge on any atom is 0.243 e. The molecule has 0 bridgehead atoms. The Morgan fingerprint density at radius 3 is 2.38 bits per heavy atom. The number of benzene rings is 2. The number of methoxy groups -OCH3 is 2. The molecule has 3 aromatic rings. The lowest BCUT2D eigenvalue weighted by molar-refractivity contribution is 0.389. The number of pyridine rings is 1. The van der Waals surface area contributed by atoms with Gasteiger partial charge < -0.3 is 14.8 Å². The van der Waals surface area contributed by atoms with Crippen LogP contribution in [0, 0.1) is 5.95 Å². The first kappa shape index (κ1) is 23.3. The van der Waals surface area contributed by atoms with Crippen LogP contribution in [0.15, 0.2) is 71.1 Å². The van der Waals surface area contributed by atoms with E-state index >= 15 is 0 Å². The summed E-state index contributed by atoms with van der Waals surface area (Å²) in [5.74, 6) is 0.208. The van der Waals surface area contributed by atoms with Gasteiger partial charge in [0.15, 0.2) is 0 Å². The molecule has 2 aromatic carbocycles. The molecule has 2 N–H and O–H groups in total. The second kappa shape index (κ2) is 10.8. The molecule has 0 saturated heterocycles. The summed E-state index contributed by atoms with van der Waals surface area (Å²) in [6.45, 7) is 9.62. The molecule has 8 heteroatoms. The van der Waals surface area contributed by atoms with Gasteiger partial charge in [-0.3, -0.25) is 9.71 Å². The first-order valence-electron chi connectivity index (χ1n) is 9.79. The summed E-state index contributed by atoms with van der Waals surface area (Å²) in [5.41, 5.74) is 3.18. The van der Waals surface area contributed by atoms with Gasteiger partial charge in [-0.2, -0.15) is 9.37 Å². The fourth-order valence-corrected chi connectivity index (χ4v) is 3.70. The molecule has 6 nitrogen and oxygen atoms in total. The van der Waals surface area contributed by atoms with Crippen LogP contribution in [0.25, 0.3) is 5.70 Å². The quantitative estimate of drug-likeness (QED) is 0.223. The SMILES string of the molecule is C=Nc1c(C(=C)Nc2ccc(SNC(C)c3ccc(OC)cc3)cc2)cc(F)nc1OC. The summed E-state index contributed by atoms with van der Waals surface area (Å²) in [6.07, 6.45) is 0. The van der Waals surface area contributed by atoms with Crippen molar-refractivity contribution < 1.29 is 13.9 Å². The number of aliphatic imine (C=N–C) groups is 1. The number of hydrogen-bond acceptors (Lipinski definition) is 7. The predicted octanol–water partition coefficient (Wildman–Crippen LogP) is 6.01. The molecule has 0 amide bonds. The van der Waals surface area contributed by atoms with Crippen LogP contribution in [0.5, 0.6) is 11.6 Å².